The molecule has 1 aromatic carbocycles. The summed E-state index contributed by atoms with van der Waals surface area (Å²) in [6.45, 7) is 4.24. The summed E-state index contributed by atoms with van der Waals surface area (Å²) < 4.78 is 0. The average Bonchev–Trinajstić information content (AvgIpc) is 3.03. The predicted octanol–water partition coefficient (Wildman–Crippen LogP) is 2.48. The molecule has 0 saturated heterocycles. The highest BCUT2D eigenvalue weighted by molar-refractivity contribution is 5.52. The molecule has 16 heavy (non-hydrogen) atoms. The summed E-state index contributed by atoms with van der Waals surface area (Å²) in [5.74, 6) is 0. The molecule has 2 N–H and O–H groups in total. The molecule has 1 atom stereocenters. The van der Waals surface area contributed by atoms with E-state index in [1.807, 2.05) is 0 Å². The molecule has 88 valence electrons. The number of nitrogens with two attached hydrogens (primary N) is 1. The molecule has 0 heterocycles. The summed E-state index contributed by atoms with van der Waals surface area (Å²) in [7, 11) is 2.19. The molecule has 2 rings (SSSR count). The van der Waals surface area contributed by atoms with Gasteiger partial charge in [0, 0.05) is 24.8 Å². The Labute approximate surface area is 98.4 Å². The van der Waals surface area contributed by atoms with Gasteiger partial charge in [-0.1, -0.05) is 6.07 Å². The molecule has 2 nitrogen and oxygen atoms in total. The smallest absolute Gasteiger partial charge is 0.0368 e. The van der Waals surface area contributed by atoms with Crippen molar-refractivity contribution in [1.82, 2.24) is 0 Å². The zero-order valence-electron chi connectivity index (χ0n) is 10.5. The third-order valence-electron chi connectivity index (χ3n) is 3.37. The van der Waals surface area contributed by atoms with Gasteiger partial charge in [-0.2, -0.15) is 0 Å². The van der Waals surface area contributed by atoms with Crippen molar-refractivity contribution in [2.75, 3.05) is 11.9 Å². The lowest BCUT2D eigenvalue weighted by molar-refractivity contribution is 0.734. The van der Waals surface area contributed by atoms with Crippen LogP contribution in [0.4, 0.5) is 5.69 Å². The van der Waals surface area contributed by atoms with Crippen molar-refractivity contribution in [1.29, 1.82) is 0 Å². The van der Waals surface area contributed by atoms with E-state index in [1.54, 1.807) is 0 Å². The van der Waals surface area contributed by atoms with Crippen molar-refractivity contribution in [3.8, 4) is 0 Å². The molecule has 0 radical (unpaired) electrons. The summed E-state index contributed by atoms with van der Waals surface area (Å²) in [6.07, 6.45) is 3.66. The molecular formula is C14H22N2. The Hall–Kier alpha value is -1.02. The van der Waals surface area contributed by atoms with Crippen LogP contribution in [0.15, 0.2) is 18.2 Å². The number of aryl methyl sites for hydroxylation is 1. The molecule has 0 bridgehead atoms. The van der Waals surface area contributed by atoms with Gasteiger partial charge in [0.05, 0.1) is 0 Å². The van der Waals surface area contributed by atoms with Crippen molar-refractivity contribution in [2.24, 2.45) is 5.73 Å². The van der Waals surface area contributed by atoms with Crippen LogP contribution in [-0.2, 0) is 6.42 Å². The van der Waals surface area contributed by atoms with E-state index in [9.17, 15) is 0 Å². The first kappa shape index (κ1) is 11.5. The molecular weight excluding hydrogens is 196 g/mol. The number of rotatable bonds is 4. The van der Waals surface area contributed by atoms with Crippen molar-refractivity contribution in [2.45, 2.75) is 45.2 Å². The van der Waals surface area contributed by atoms with E-state index < -0.39 is 0 Å². The van der Waals surface area contributed by atoms with Gasteiger partial charge < -0.3 is 10.6 Å². The highest BCUT2D eigenvalue weighted by Crippen LogP contribution is 2.31. The number of hydrogen-bond donors (Lipinski definition) is 1. The lowest BCUT2D eigenvalue weighted by atomic mass is 10.0. The Morgan fingerprint density at radius 1 is 1.44 bits per heavy atom. The molecule has 1 fully saturated rings. The van der Waals surface area contributed by atoms with E-state index in [0.717, 1.165) is 12.5 Å². The van der Waals surface area contributed by atoms with Crippen LogP contribution in [-0.4, -0.2) is 19.1 Å². The Kier molecular flexibility index (Phi) is 3.20. The molecule has 0 aromatic heterocycles. The minimum atomic E-state index is 0.241. The third-order valence-corrected chi connectivity index (χ3v) is 3.37. The van der Waals surface area contributed by atoms with E-state index in [1.165, 1.54) is 29.7 Å². The summed E-state index contributed by atoms with van der Waals surface area (Å²) in [5, 5.41) is 0. The van der Waals surface area contributed by atoms with Gasteiger partial charge in [0.15, 0.2) is 0 Å². The standard InChI is InChI=1S/C14H22N2/c1-10-8-14(16(3)13-6-7-13)5-4-12(10)9-11(2)15/h4-5,8,11,13H,6-7,9,15H2,1-3H3. The van der Waals surface area contributed by atoms with E-state index in [2.05, 4.69) is 44.0 Å². The van der Waals surface area contributed by atoms with Gasteiger partial charge >= 0.3 is 0 Å². The van der Waals surface area contributed by atoms with Crippen molar-refractivity contribution in [3.63, 3.8) is 0 Å². The molecule has 1 aromatic rings. The molecule has 1 aliphatic rings. The van der Waals surface area contributed by atoms with Crippen LogP contribution in [0.1, 0.15) is 30.9 Å². The van der Waals surface area contributed by atoms with Crippen LogP contribution in [0.2, 0.25) is 0 Å². The average molecular weight is 218 g/mol. The van der Waals surface area contributed by atoms with Crippen molar-refractivity contribution < 1.29 is 0 Å². The molecule has 1 saturated carbocycles. The second-order valence-corrected chi connectivity index (χ2v) is 5.13. The molecule has 0 amide bonds. The topological polar surface area (TPSA) is 29.3 Å². The quantitative estimate of drug-likeness (QED) is 0.841. The van der Waals surface area contributed by atoms with Gasteiger partial charge in [-0.25, -0.2) is 0 Å². The molecule has 2 heteroatoms. The van der Waals surface area contributed by atoms with Crippen molar-refractivity contribution in [3.05, 3.63) is 29.3 Å². The van der Waals surface area contributed by atoms with Gasteiger partial charge in [0.25, 0.3) is 0 Å². The second kappa shape index (κ2) is 4.46. The first-order valence-electron chi connectivity index (χ1n) is 6.16. The number of nitrogens with zero attached hydrogens (tertiary/aromatic N) is 1. The van der Waals surface area contributed by atoms with Crippen LogP contribution >= 0.6 is 0 Å². The maximum atomic E-state index is 5.84. The van der Waals surface area contributed by atoms with E-state index in [4.69, 9.17) is 5.73 Å². The monoisotopic (exact) mass is 218 g/mol. The van der Waals surface area contributed by atoms with Gasteiger partial charge in [-0.3, -0.25) is 0 Å². The lowest BCUT2D eigenvalue weighted by Crippen LogP contribution is -2.20. The van der Waals surface area contributed by atoms with Crippen molar-refractivity contribution >= 4 is 5.69 Å². The van der Waals surface area contributed by atoms with Crippen LogP contribution < -0.4 is 10.6 Å². The van der Waals surface area contributed by atoms with Gasteiger partial charge in [-0.15, -0.1) is 0 Å². The molecule has 1 unspecified atom stereocenters. The first-order valence-corrected chi connectivity index (χ1v) is 6.16. The highest BCUT2D eigenvalue weighted by Gasteiger charge is 2.26. The fourth-order valence-electron chi connectivity index (χ4n) is 2.15. The molecule has 1 aliphatic carbocycles. The summed E-state index contributed by atoms with van der Waals surface area (Å²) in [6, 6.07) is 7.76. The van der Waals surface area contributed by atoms with Gasteiger partial charge in [0.1, 0.15) is 0 Å². The van der Waals surface area contributed by atoms with Crippen LogP contribution in [0.3, 0.4) is 0 Å². The number of hydrogen-bond acceptors (Lipinski definition) is 2. The van der Waals surface area contributed by atoms with Crippen LogP contribution in [0, 0.1) is 6.92 Å². The maximum absolute atomic E-state index is 5.84. The Morgan fingerprint density at radius 2 is 2.12 bits per heavy atom. The largest absolute Gasteiger partial charge is 0.372 e. The predicted molar refractivity (Wildman–Crippen MR) is 70.0 cm³/mol. The van der Waals surface area contributed by atoms with E-state index in [-0.39, 0.29) is 6.04 Å². The summed E-state index contributed by atoms with van der Waals surface area (Å²) in [4.78, 5) is 2.39. The summed E-state index contributed by atoms with van der Waals surface area (Å²) >= 11 is 0. The third kappa shape index (κ3) is 2.56. The Morgan fingerprint density at radius 3 is 2.62 bits per heavy atom. The number of anilines is 1. The first-order chi connectivity index (χ1) is 7.58. The van der Waals surface area contributed by atoms with Crippen LogP contribution in [0.5, 0.6) is 0 Å². The van der Waals surface area contributed by atoms with E-state index in [0.29, 0.717) is 0 Å². The maximum Gasteiger partial charge on any atom is 0.0368 e. The Bertz CT molecular complexity index is 367. The zero-order valence-corrected chi connectivity index (χ0v) is 10.5. The highest BCUT2D eigenvalue weighted by atomic mass is 15.2. The minimum Gasteiger partial charge on any atom is -0.372 e. The number of benzene rings is 1. The zero-order chi connectivity index (χ0) is 11.7. The Balaban J connectivity index is 2.14. The second-order valence-electron chi connectivity index (χ2n) is 5.13. The fraction of sp³-hybridized carbons (Fsp3) is 0.571. The fourth-order valence-corrected chi connectivity index (χ4v) is 2.15. The van der Waals surface area contributed by atoms with E-state index >= 15 is 0 Å². The van der Waals surface area contributed by atoms with Crippen LogP contribution in [0.25, 0.3) is 0 Å². The lowest BCUT2D eigenvalue weighted by Gasteiger charge is -2.20. The molecule has 0 aliphatic heterocycles. The summed E-state index contributed by atoms with van der Waals surface area (Å²) in [5.41, 5.74) is 9.92. The minimum absolute atomic E-state index is 0.241. The molecule has 0 spiro atoms. The van der Waals surface area contributed by atoms with Gasteiger partial charge in [-0.05, 0) is 56.4 Å². The van der Waals surface area contributed by atoms with Gasteiger partial charge in [0.2, 0.25) is 0 Å². The normalized spacial score (nSPS) is 17.2. The SMILES string of the molecule is Cc1cc(N(C)C2CC2)ccc1CC(C)N.